The summed E-state index contributed by atoms with van der Waals surface area (Å²) in [6, 6.07) is 7.12. The number of hydrogen-bond donors (Lipinski definition) is 1. The van der Waals surface area contributed by atoms with E-state index in [9.17, 15) is 15.2 Å². The number of hydrogen-bond acceptors (Lipinski definition) is 5. The molecule has 0 fully saturated rings. The highest BCUT2D eigenvalue weighted by Gasteiger charge is 2.22. The van der Waals surface area contributed by atoms with Crippen LogP contribution in [0.1, 0.15) is 42.0 Å². The lowest BCUT2D eigenvalue weighted by molar-refractivity contribution is 0.0640. The first kappa shape index (κ1) is 17.3. The van der Waals surface area contributed by atoms with Gasteiger partial charge in [-0.15, -0.1) is 0 Å². The Kier molecular flexibility index (Phi) is 5.09. The second kappa shape index (κ2) is 7.04. The maximum Gasteiger partial charge on any atom is 0.357 e. The molecule has 0 aliphatic heterocycles. The van der Waals surface area contributed by atoms with Gasteiger partial charge in [-0.25, -0.2) is 9.78 Å². The largest absolute Gasteiger partial charge is 0.489 e. The van der Waals surface area contributed by atoms with E-state index in [1.165, 1.54) is 7.11 Å². The maximum absolute atomic E-state index is 11.4. The first-order valence-electron chi connectivity index (χ1n) is 7.51. The van der Waals surface area contributed by atoms with Gasteiger partial charge in [-0.1, -0.05) is 6.92 Å². The van der Waals surface area contributed by atoms with Gasteiger partial charge < -0.3 is 14.7 Å². The number of ether oxygens (including phenoxy) is 1. The highest BCUT2D eigenvalue weighted by Crippen LogP contribution is 2.28. The van der Waals surface area contributed by atoms with E-state index >= 15 is 0 Å². The van der Waals surface area contributed by atoms with E-state index in [2.05, 4.69) is 11.1 Å². The Hall–Kier alpha value is -3.01. The molecule has 1 atom stereocenters. The molecular weight excluding hydrogens is 310 g/mol. The van der Waals surface area contributed by atoms with Gasteiger partial charge in [-0.2, -0.15) is 9.99 Å². The normalized spacial score (nSPS) is 11.6. The van der Waals surface area contributed by atoms with Gasteiger partial charge >= 0.3 is 5.97 Å². The van der Waals surface area contributed by atoms with Gasteiger partial charge in [0.2, 0.25) is 0 Å². The van der Waals surface area contributed by atoms with Gasteiger partial charge in [0.05, 0.1) is 17.4 Å². The SMILES string of the molecule is CCC(C)Oc1ccc(-c2nc(C)c(C(=O)O)n2OC)cc1C#N. The average Bonchev–Trinajstić information content (AvgIpc) is 2.91. The molecule has 0 spiro atoms. The number of rotatable bonds is 6. The number of nitriles is 1. The first-order valence-corrected chi connectivity index (χ1v) is 7.51. The zero-order valence-corrected chi connectivity index (χ0v) is 14.0. The third kappa shape index (κ3) is 3.18. The zero-order chi connectivity index (χ0) is 17.9. The molecule has 7 nitrogen and oxygen atoms in total. The zero-order valence-electron chi connectivity index (χ0n) is 14.0. The molecule has 1 N–H and O–H groups in total. The van der Waals surface area contributed by atoms with Gasteiger partial charge in [-0.05, 0) is 38.5 Å². The highest BCUT2D eigenvalue weighted by atomic mass is 16.6. The summed E-state index contributed by atoms with van der Waals surface area (Å²) in [5, 5.41) is 18.7. The lowest BCUT2D eigenvalue weighted by Gasteiger charge is -2.14. The van der Waals surface area contributed by atoms with E-state index in [0.29, 0.717) is 28.4 Å². The number of aromatic nitrogens is 2. The monoisotopic (exact) mass is 329 g/mol. The molecule has 2 rings (SSSR count). The van der Waals surface area contributed by atoms with Crippen LogP contribution in [0.4, 0.5) is 0 Å². The number of carboxylic acid groups (broad SMARTS) is 1. The second-order valence-corrected chi connectivity index (χ2v) is 5.31. The molecule has 1 heterocycles. The van der Waals surface area contributed by atoms with Crippen LogP contribution in [-0.4, -0.2) is 34.0 Å². The lowest BCUT2D eigenvalue weighted by Crippen LogP contribution is -2.16. The number of aromatic carboxylic acids is 1. The predicted octanol–water partition coefficient (Wildman–Crippen LogP) is 2.66. The molecule has 1 aromatic heterocycles. The van der Waals surface area contributed by atoms with Crippen LogP contribution in [0.2, 0.25) is 0 Å². The fourth-order valence-electron chi connectivity index (χ4n) is 2.27. The third-order valence-corrected chi connectivity index (χ3v) is 3.66. The summed E-state index contributed by atoms with van der Waals surface area (Å²) in [5.41, 5.74) is 1.21. The number of imidazole rings is 1. The molecule has 0 radical (unpaired) electrons. The maximum atomic E-state index is 11.4. The van der Waals surface area contributed by atoms with E-state index in [-0.39, 0.29) is 11.8 Å². The molecule has 24 heavy (non-hydrogen) atoms. The topological polar surface area (TPSA) is 97.4 Å². The quantitative estimate of drug-likeness (QED) is 0.875. The van der Waals surface area contributed by atoms with E-state index in [1.54, 1.807) is 25.1 Å². The minimum Gasteiger partial charge on any atom is -0.489 e. The Morgan fingerprint density at radius 3 is 2.75 bits per heavy atom. The molecule has 1 unspecified atom stereocenters. The molecule has 0 saturated carbocycles. The molecule has 0 aliphatic carbocycles. The molecule has 0 amide bonds. The van der Waals surface area contributed by atoms with Crippen LogP contribution in [0.3, 0.4) is 0 Å². The summed E-state index contributed by atoms with van der Waals surface area (Å²) >= 11 is 0. The van der Waals surface area contributed by atoms with Crippen LogP contribution in [0.15, 0.2) is 18.2 Å². The van der Waals surface area contributed by atoms with Crippen molar-refractivity contribution < 1.29 is 19.5 Å². The Morgan fingerprint density at radius 2 is 2.21 bits per heavy atom. The van der Waals surface area contributed by atoms with E-state index < -0.39 is 5.97 Å². The molecule has 7 heteroatoms. The molecule has 1 aromatic carbocycles. The van der Waals surface area contributed by atoms with Crippen molar-refractivity contribution in [3.8, 4) is 23.2 Å². The Morgan fingerprint density at radius 1 is 1.50 bits per heavy atom. The molecule has 0 aliphatic rings. The van der Waals surface area contributed by atoms with Gasteiger partial charge in [0.1, 0.15) is 18.9 Å². The smallest absolute Gasteiger partial charge is 0.357 e. The van der Waals surface area contributed by atoms with Crippen molar-refractivity contribution >= 4 is 5.97 Å². The third-order valence-electron chi connectivity index (χ3n) is 3.66. The van der Waals surface area contributed by atoms with Crippen molar-refractivity contribution in [3.63, 3.8) is 0 Å². The standard InChI is InChI=1S/C17H19N3O4/c1-5-10(2)24-14-7-6-12(8-13(14)9-18)16-19-11(3)15(17(21)22)20(16)23-4/h6-8,10H,5H2,1-4H3,(H,21,22). The summed E-state index contributed by atoms with van der Waals surface area (Å²) in [5.74, 6) is -0.328. The molecular formula is C17H19N3O4. The summed E-state index contributed by atoms with van der Waals surface area (Å²) in [7, 11) is 1.36. The molecule has 0 saturated heterocycles. The van der Waals surface area contributed by atoms with Gasteiger partial charge in [0.15, 0.2) is 11.5 Å². The Labute approximate surface area is 140 Å². The first-order chi connectivity index (χ1) is 11.4. The number of nitrogens with zero attached hydrogens (tertiary/aromatic N) is 3. The average molecular weight is 329 g/mol. The Balaban J connectivity index is 2.53. The molecule has 2 aromatic rings. The van der Waals surface area contributed by atoms with Crippen LogP contribution in [-0.2, 0) is 0 Å². The molecule has 0 bridgehead atoms. The van der Waals surface area contributed by atoms with Crippen molar-refractivity contribution in [1.82, 2.24) is 9.71 Å². The van der Waals surface area contributed by atoms with Crippen LogP contribution in [0.5, 0.6) is 5.75 Å². The van der Waals surface area contributed by atoms with E-state index in [1.807, 2.05) is 13.8 Å². The van der Waals surface area contributed by atoms with Crippen molar-refractivity contribution in [2.24, 2.45) is 0 Å². The van der Waals surface area contributed by atoms with Crippen molar-refractivity contribution in [2.75, 3.05) is 7.11 Å². The van der Waals surface area contributed by atoms with Crippen LogP contribution >= 0.6 is 0 Å². The summed E-state index contributed by atoms with van der Waals surface area (Å²) in [4.78, 5) is 20.8. The van der Waals surface area contributed by atoms with Gasteiger partial charge in [0, 0.05) is 5.56 Å². The number of benzene rings is 1. The number of aryl methyl sites for hydroxylation is 1. The lowest BCUT2D eigenvalue weighted by atomic mass is 10.1. The number of carboxylic acids is 1. The second-order valence-electron chi connectivity index (χ2n) is 5.31. The van der Waals surface area contributed by atoms with Gasteiger partial charge in [-0.3, -0.25) is 0 Å². The van der Waals surface area contributed by atoms with Gasteiger partial charge in [0.25, 0.3) is 0 Å². The van der Waals surface area contributed by atoms with Crippen molar-refractivity contribution in [2.45, 2.75) is 33.3 Å². The summed E-state index contributed by atoms with van der Waals surface area (Å²) in [6.07, 6.45) is 0.812. The predicted molar refractivity (Wildman–Crippen MR) is 87.0 cm³/mol. The van der Waals surface area contributed by atoms with Crippen molar-refractivity contribution in [3.05, 3.63) is 35.2 Å². The van der Waals surface area contributed by atoms with Crippen LogP contribution < -0.4 is 9.57 Å². The minimum absolute atomic E-state index is 0.00947. The van der Waals surface area contributed by atoms with E-state index in [0.717, 1.165) is 11.2 Å². The fourth-order valence-corrected chi connectivity index (χ4v) is 2.27. The van der Waals surface area contributed by atoms with Crippen molar-refractivity contribution in [1.29, 1.82) is 5.26 Å². The molecule has 126 valence electrons. The number of carbonyl (C=O) groups is 1. The van der Waals surface area contributed by atoms with Crippen LogP contribution in [0, 0.1) is 18.3 Å². The summed E-state index contributed by atoms with van der Waals surface area (Å²) in [6.45, 7) is 5.51. The summed E-state index contributed by atoms with van der Waals surface area (Å²) < 4.78 is 6.87. The van der Waals surface area contributed by atoms with Crippen LogP contribution in [0.25, 0.3) is 11.4 Å². The highest BCUT2D eigenvalue weighted by molar-refractivity contribution is 5.88. The van der Waals surface area contributed by atoms with E-state index in [4.69, 9.17) is 9.57 Å². The fraction of sp³-hybridized carbons (Fsp3) is 0.353. The minimum atomic E-state index is -1.13. The Bertz CT molecular complexity index is 805.